The fourth-order valence-electron chi connectivity index (χ4n) is 3.66. The third-order valence-corrected chi connectivity index (χ3v) is 5.52. The topological polar surface area (TPSA) is 72.5 Å². The SMILES string of the molecule is CCOC(C)OC(=O)CC(C)(c1ccc(OC(C)OC)cc1)c1ccc(OC(C)OCC)cc1. The van der Waals surface area contributed by atoms with E-state index in [0.717, 1.165) is 11.1 Å². The van der Waals surface area contributed by atoms with Gasteiger partial charge in [0.25, 0.3) is 0 Å². The molecule has 2 rings (SSSR count). The summed E-state index contributed by atoms with van der Waals surface area (Å²) >= 11 is 0. The van der Waals surface area contributed by atoms with Crippen LogP contribution in [0.4, 0.5) is 0 Å². The smallest absolute Gasteiger partial charge is 0.309 e. The van der Waals surface area contributed by atoms with Gasteiger partial charge < -0.3 is 28.4 Å². The minimum Gasteiger partial charge on any atom is -0.465 e. The van der Waals surface area contributed by atoms with Gasteiger partial charge in [0, 0.05) is 25.7 Å². The molecular formula is C27H38O7. The van der Waals surface area contributed by atoms with Crippen molar-refractivity contribution in [3.05, 3.63) is 59.7 Å². The van der Waals surface area contributed by atoms with Gasteiger partial charge in [0.15, 0.2) is 18.9 Å². The molecule has 0 spiro atoms. The molecule has 7 nitrogen and oxygen atoms in total. The quantitative estimate of drug-likeness (QED) is 0.267. The summed E-state index contributed by atoms with van der Waals surface area (Å²) in [5, 5.41) is 0. The zero-order valence-electron chi connectivity index (χ0n) is 21.3. The molecule has 0 aliphatic heterocycles. The zero-order chi connectivity index (χ0) is 25.1. The summed E-state index contributed by atoms with van der Waals surface area (Å²) in [5.74, 6) is 1.03. The molecule has 0 aromatic heterocycles. The Labute approximate surface area is 203 Å². The van der Waals surface area contributed by atoms with Crippen molar-refractivity contribution < 1.29 is 33.2 Å². The van der Waals surface area contributed by atoms with Crippen LogP contribution in [0, 0.1) is 0 Å². The molecule has 4 atom stereocenters. The highest BCUT2D eigenvalue weighted by atomic mass is 16.7. The number of hydrogen-bond acceptors (Lipinski definition) is 7. The van der Waals surface area contributed by atoms with E-state index in [1.54, 1.807) is 14.0 Å². The summed E-state index contributed by atoms with van der Waals surface area (Å²) in [6, 6.07) is 15.4. The molecule has 2 aromatic rings. The van der Waals surface area contributed by atoms with Gasteiger partial charge in [-0.15, -0.1) is 0 Å². The molecule has 0 saturated heterocycles. The first-order valence-corrected chi connectivity index (χ1v) is 11.7. The highest BCUT2D eigenvalue weighted by Crippen LogP contribution is 2.37. The van der Waals surface area contributed by atoms with Crippen LogP contribution in [0.3, 0.4) is 0 Å². The van der Waals surface area contributed by atoms with Crippen molar-refractivity contribution in [1.29, 1.82) is 0 Å². The monoisotopic (exact) mass is 474 g/mol. The van der Waals surface area contributed by atoms with Crippen molar-refractivity contribution in [1.82, 2.24) is 0 Å². The number of hydrogen-bond donors (Lipinski definition) is 0. The number of carbonyl (C=O) groups is 1. The molecule has 0 bridgehead atoms. The summed E-state index contributed by atoms with van der Waals surface area (Å²) in [5.41, 5.74) is 1.24. The van der Waals surface area contributed by atoms with Crippen LogP contribution in [-0.4, -0.2) is 45.2 Å². The lowest BCUT2D eigenvalue weighted by Crippen LogP contribution is -2.30. The van der Waals surface area contributed by atoms with E-state index in [0.29, 0.717) is 24.7 Å². The molecule has 0 heterocycles. The molecule has 188 valence electrons. The fraction of sp³-hybridized carbons (Fsp3) is 0.519. The Balaban J connectivity index is 2.32. The van der Waals surface area contributed by atoms with Crippen molar-refractivity contribution in [2.45, 2.75) is 72.2 Å². The maximum Gasteiger partial charge on any atom is 0.309 e. The van der Waals surface area contributed by atoms with E-state index in [2.05, 4.69) is 0 Å². The van der Waals surface area contributed by atoms with E-state index in [-0.39, 0.29) is 25.0 Å². The first-order valence-electron chi connectivity index (χ1n) is 11.7. The second-order valence-electron chi connectivity index (χ2n) is 8.13. The second-order valence-corrected chi connectivity index (χ2v) is 8.13. The average molecular weight is 475 g/mol. The van der Waals surface area contributed by atoms with E-state index in [9.17, 15) is 4.79 Å². The Morgan fingerprint density at radius 3 is 1.65 bits per heavy atom. The number of rotatable bonds is 14. The second kappa shape index (κ2) is 13.3. The van der Waals surface area contributed by atoms with Gasteiger partial charge in [-0.2, -0.15) is 0 Å². The summed E-state index contributed by atoms with van der Waals surface area (Å²) in [7, 11) is 1.59. The molecular weight excluding hydrogens is 436 g/mol. The van der Waals surface area contributed by atoms with Crippen molar-refractivity contribution in [3.8, 4) is 11.5 Å². The lowest BCUT2D eigenvalue weighted by atomic mass is 9.73. The minimum atomic E-state index is -0.654. The van der Waals surface area contributed by atoms with E-state index >= 15 is 0 Å². The predicted molar refractivity (Wildman–Crippen MR) is 130 cm³/mol. The third kappa shape index (κ3) is 8.01. The summed E-state index contributed by atoms with van der Waals surface area (Å²) in [4.78, 5) is 12.8. The largest absolute Gasteiger partial charge is 0.465 e. The minimum absolute atomic E-state index is 0.134. The molecule has 0 amide bonds. The molecule has 4 unspecified atom stereocenters. The molecule has 34 heavy (non-hydrogen) atoms. The summed E-state index contributed by atoms with van der Waals surface area (Å²) in [6.07, 6.45) is -1.18. The van der Waals surface area contributed by atoms with Crippen molar-refractivity contribution in [2.24, 2.45) is 0 Å². The maximum absolute atomic E-state index is 12.8. The summed E-state index contributed by atoms with van der Waals surface area (Å²) < 4.78 is 33.0. The molecule has 0 saturated carbocycles. The highest BCUT2D eigenvalue weighted by molar-refractivity contribution is 5.73. The standard InChI is InChI=1S/C27H38O7/c1-8-30-20(4)33-25-16-12-23(13-17-25)27(6,18-26(28)34-21(5)31-9-2)22-10-14-24(15-11-22)32-19(3)29-7/h10-17,19-21H,8-9,18H2,1-7H3. The van der Waals surface area contributed by atoms with Gasteiger partial charge in [0.1, 0.15) is 11.5 Å². The van der Waals surface area contributed by atoms with Crippen LogP contribution in [0.25, 0.3) is 0 Å². The van der Waals surface area contributed by atoms with Crippen LogP contribution < -0.4 is 9.47 Å². The van der Waals surface area contributed by atoms with Gasteiger partial charge in [0.05, 0.1) is 6.42 Å². The molecule has 0 aliphatic rings. The Morgan fingerprint density at radius 2 is 1.21 bits per heavy atom. The Bertz CT molecular complexity index is 866. The number of esters is 1. The van der Waals surface area contributed by atoms with Crippen LogP contribution in [-0.2, 0) is 29.2 Å². The van der Waals surface area contributed by atoms with Gasteiger partial charge >= 0.3 is 5.97 Å². The lowest BCUT2D eigenvalue weighted by Gasteiger charge is -2.31. The van der Waals surface area contributed by atoms with Gasteiger partial charge in [-0.3, -0.25) is 4.79 Å². The van der Waals surface area contributed by atoms with Gasteiger partial charge in [0.2, 0.25) is 0 Å². The number of carbonyl (C=O) groups excluding carboxylic acids is 1. The van der Waals surface area contributed by atoms with E-state index in [1.165, 1.54) is 0 Å². The van der Waals surface area contributed by atoms with Gasteiger partial charge in [-0.1, -0.05) is 31.2 Å². The molecule has 0 radical (unpaired) electrons. The van der Waals surface area contributed by atoms with Crippen LogP contribution in [0.15, 0.2) is 48.5 Å². The highest BCUT2D eigenvalue weighted by Gasteiger charge is 2.33. The molecule has 0 fully saturated rings. The normalized spacial score (nSPS) is 15.6. The van der Waals surface area contributed by atoms with Gasteiger partial charge in [-0.25, -0.2) is 0 Å². The van der Waals surface area contributed by atoms with Crippen molar-refractivity contribution in [3.63, 3.8) is 0 Å². The number of benzene rings is 2. The maximum atomic E-state index is 12.8. The van der Waals surface area contributed by atoms with Crippen LogP contribution in [0.2, 0.25) is 0 Å². The van der Waals surface area contributed by atoms with Crippen molar-refractivity contribution in [2.75, 3.05) is 20.3 Å². The summed E-state index contributed by atoms with van der Waals surface area (Å²) in [6.45, 7) is 12.2. The molecule has 2 aromatic carbocycles. The van der Waals surface area contributed by atoms with Gasteiger partial charge in [-0.05, 0) is 70.0 Å². The Hall–Kier alpha value is -2.61. The Morgan fingerprint density at radius 1 is 0.765 bits per heavy atom. The van der Waals surface area contributed by atoms with Crippen LogP contribution in [0.5, 0.6) is 11.5 Å². The van der Waals surface area contributed by atoms with E-state index in [1.807, 2.05) is 83.1 Å². The lowest BCUT2D eigenvalue weighted by molar-refractivity contribution is -0.174. The molecule has 0 aliphatic carbocycles. The first kappa shape index (κ1) is 27.6. The zero-order valence-corrected chi connectivity index (χ0v) is 21.3. The fourth-order valence-corrected chi connectivity index (χ4v) is 3.66. The van der Waals surface area contributed by atoms with E-state index in [4.69, 9.17) is 28.4 Å². The average Bonchev–Trinajstić information content (AvgIpc) is 2.80. The van der Waals surface area contributed by atoms with Crippen molar-refractivity contribution >= 4 is 5.97 Å². The number of methoxy groups -OCH3 is 1. The molecule has 0 N–H and O–H groups in total. The van der Waals surface area contributed by atoms with E-state index < -0.39 is 11.7 Å². The number of ether oxygens (including phenoxy) is 6. The molecule has 7 heteroatoms. The predicted octanol–water partition coefficient (Wildman–Crippen LogP) is 5.44. The van der Waals surface area contributed by atoms with Crippen LogP contribution in [0.1, 0.15) is 59.1 Å². The van der Waals surface area contributed by atoms with Crippen LogP contribution >= 0.6 is 0 Å². The third-order valence-electron chi connectivity index (χ3n) is 5.52. The Kier molecular flexibility index (Phi) is 10.8. The first-order chi connectivity index (χ1) is 16.2.